The van der Waals surface area contributed by atoms with Crippen LogP contribution in [0.4, 0.5) is 0 Å². The second kappa shape index (κ2) is 3.09. The van der Waals surface area contributed by atoms with Crippen molar-refractivity contribution in [1.29, 1.82) is 0 Å². The van der Waals surface area contributed by atoms with E-state index in [0.717, 1.165) is 12.0 Å². The Morgan fingerprint density at radius 1 is 1.29 bits per heavy atom. The summed E-state index contributed by atoms with van der Waals surface area (Å²) in [6, 6.07) is 8.29. The third-order valence-electron chi connectivity index (χ3n) is 3.96. The van der Waals surface area contributed by atoms with Crippen molar-refractivity contribution in [2.45, 2.75) is 38.7 Å². The molecule has 0 amide bonds. The van der Waals surface area contributed by atoms with Crippen molar-refractivity contribution in [2.24, 2.45) is 5.92 Å². The second-order valence-electron chi connectivity index (χ2n) is 4.44. The van der Waals surface area contributed by atoms with Crippen molar-refractivity contribution in [2.75, 3.05) is 0 Å². The van der Waals surface area contributed by atoms with Gasteiger partial charge in [-0.3, -0.25) is 0 Å². The van der Waals surface area contributed by atoms with Crippen molar-refractivity contribution in [3.05, 3.63) is 35.4 Å². The molecule has 0 saturated carbocycles. The van der Waals surface area contributed by atoms with Crippen LogP contribution in [-0.2, 0) is 5.60 Å². The van der Waals surface area contributed by atoms with Crippen molar-refractivity contribution in [1.82, 2.24) is 0 Å². The zero-order valence-corrected chi connectivity index (χ0v) is 9.12. The van der Waals surface area contributed by atoms with E-state index in [0.29, 0.717) is 11.8 Å². The Morgan fingerprint density at radius 2 is 1.93 bits per heavy atom. The number of hydrogen-bond donors (Lipinski definition) is 1. The maximum absolute atomic E-state index is 10.6. The molecule has 1 aromatic rings. The van der Waals surface area contributed by atoms with Crippen LogP contribution in [0.1, 0.15) is 44.2 Å². The molecule has 1 nitrogen and oxygen atoms in total. The maximum atomic E-state index is 10.6. The SMILES string of the molecule is CC[C@]1(O)c2ccccc2[C@@H](C)[C@H]1C. The smallest absolute Gasteiger partial charge is 0.0927 e. The molecule has 0 heterocycles. The highest BCUT2D eigenvalue weighted by atomic mass is 16.3. The predicted molar refractivity (Wildman–Crippen MR) is 58.2 cm³/mol. The van der Waals surface area contributed by atoms with E-state index in [2.05, 4.69) is 39.0 Å². The number of rotatable bonds is 1. The Kier molecular flexibility index (Phi) is 2.15. The summed E-state index contributed by atoms with van der Waals surface area (Å²) in [4.78, 5) is 0. The van der Waals surface area contributed by atoms with E-state index >= 15 is 0 Å². The molecule has 14 heavy (non-hydrogen) atoms. The molecule has 0 bridgehead atoms. The lowest BCUT2D eigenvalue weighted by Crippen LogP contribution is -2.29. The van der Waals surface area contributed by atoms with Crippen LogP contribution in [0.3, 0.4) is 0 Å². The van der Waals surface area contributed by atoms with Crippen LogP contribution in [0.15, 0.2) is 24.3 Å². The van der Waals surface area contributed by atoms with Crippen LogP contribution in [0, 0.1) is 5.92 Å². The summed E-state index contributed by atoms with van der Waals surface area (Å²) in [6.07, 6.45) is 0.801. The van der Waals surface area contributed by atoms with E-state index in [-0.39, 0.29) is 0 Å². The second-order valence-corrected chi connectivity index (χ2v) is 4.44. The summed E-state index contributed by atoms with van der Waals surface area (Å²) in [7, 11) is 0. The molecule has 1 heteroatoms. The fraction of sp³-hybridized carbons (Fsp3) is 0.538. The molecule has 2 rings (SSSR count). The fourth-order valence-electron chi connectivity index (χ4n) is 2.73. The van der Waals surface area contributed by atoms with Gasteiger partial charge in [0, 0.05) is 0 Å². The molecule has 76 valence electrons. The topological polar surface area (TPSA) is 20.2 Å². The van der Waals surface area contributed by atoms with Crippen LogP contribution in [-0.4, -0.2) is 5.11 Å². The highest BCUT2D eigenvalue weighted by Crippen LogP contribution is 2.50. The van der Waals surface area contributed by atoms with Crippen molar-refractivity contribution < 1.29 is 5.11 Å². The van der Waals surface area contributed by atoms with Gasteiger partial charge in [-0.05, 0) is 29.4 Å². The molecule has 1 aliphatic carbocycles. The molecule has 0 fully saturated rings. The van der Waals surface area contributed by atoms with Gasteiger partial charge in [0.1, 0.15) is 0 Å². The summed E-state index contributed by atoms with van der Waals surface area (Å²) in [5, 5.41) is 10.6. The number of fused-ring (bicyclic) bond motifs is 1. The van der Waals surface area contributed by atoms with Gasteiger partial charge in [0.2, 0.25) is 0 Å². The Morgan fingerprint density at radius 3 is 2.57 bits per heavy atom. The van der Waals surface area contributed by atoms with Gasteiger partial charge < -0.3 is 5.11 Å². The number of aliphatic hydroxyl groups is 1. The standard InChI is InChI=1S/C13H18O/c1-4-13(14)10(3)9(2)11-7-5-6-8-12(11)13/h5-10,14H,4H2,1-3H3/t9-,10+,13+/m0/s1. The molecule has 1 aliphatic rings. The Bertz CT molecular complexity index is 345. The minimum absolute atomic E-state index is 0.324. The van der Waals surface area contributed by atoms with Gasteiger partial charge in [-0.2, -0.15) is 0 Å². The summed E-state index contributed by atoms with van der Waals surface area (Å²) >= 11 is 0. The van der Waals surface area contributed by atoms with Crippen molar-refractivity contribution in [3.8, 4) is 0 Å². The highest BCUT2D eigenvalue weighted by Gasteiger charge is 2.45. The molecule has 0 unspecified atom stereocenters. The molecule has 1 aromatic carbocycles. The molecule has 0 aromatic heterocycles. The molecule has 0 spiro atoms. The lowest BCUT2D eigenvalue weighted by Gasteiger charge is -2.28. The normalized spacial score (nSPS) is 35.7. The minimum Gasteiger partial charge on any atom is -0.385 e. The highest BCUT2D eigenvalue weighted by molar-refractivity contribution is 5.41. The molecular weight excluding hydrogens is 172 g/mol. The summed E-state index contributed by atoms with van der Waals surface area (Å²) < 4.78 is 0. The van der Waals surface area contributed by atoms with Crippen LogP contribution in [0.5, 0.6) is 0 Å². The minimum atomic E-state index is -0.601. The molecule has 1 N–H and O–H groups in total. The Labute approximate surface area is 85.8 Å². The average molecular weight is 190 g/mol. The van der Waals surface area contributed by atoms with Gasteiger partial charge in [-0.25, -0.2) is 0 Å². The van der Waals surface area contributed by atoms with Crippen LogP contribution < -0.4 is 0 Å². The fourth-order valence-corrected chi connectivity index (χ4v) is 2.73. The van der Waals surface area contributed by atoms with Gasteiger partial charge in [0.25, 0.3) is 0 Å². The van der Waals surface area contributed by atoms with Crippen LogP contribution >= 0.6 is 0 Å². The zero-order valence-electron chi connectivity index (χ0n) is 9.12. The first kappa shape index (κ1) is 9.72. The van der Waals surface area contributed by atoms with Crippen LogP contribution in [0.25, 0.3) is 0 Å². The van der Waals surface area contributed by atoms with E-state index in [4.69, 9.17) is 0 Å². The molecule has 0 saturated heterocycles. The van der Waals surface area contributed by atoms with Gasteiger partial charge in [0.05, 0.1) is 5.60 Å². The first-order chi connectivity index (χ1) is 6.61. The largest absolute Gasteiger partial charge is 0.385 e. The zero-order chi connectivity index (χ0) is 10.3. The van der Waals surface area contributed by atoms with Gasteiger partial charge >= 0.3 is 0 Å². The van der Waals surface area contributed by atoms with Gasteiger partial charge in [-0.1, -0.05) is 45.0 Å². The van der Waals surface area contributed by atoms with E-state index in [1.165, 1.54) is 5.56 Å². The van der Waals surface area contributed by atoms with Gasteiger partial charge in [-0.15, -0.1) is 0 Å². The third kappa shape index (κ3) is 1.05. The van der Waals surface area contributed by atoms with Crippen molar-refractivity contribution >= 4 is 0 Å². The predicted octanol–water partition coefficient (Wildman–Crippen LogP) is 3.04. The van der Waals surface area contributed by atoms with E-state index in [1.807, 2.05) is 6.07 Å². The maximum Gasteiger partial charge on any atom is 0.0927 e. The lowest BCUT2D eigenvalue weighted by molar-refractivity contribution is -0.0144. The number of hydrogen-bond acceptors (Lipinski definition) is 1. The third-order valence-corrected chi connectivity index (χ3v) is 3.96. The Balaban J connectivity index is 2.59. The molecule has 0 radical (unpaired) electrons. The molecule has 3 atom stereocenters. The first-order valence-corrected chi connectivity index (χ1v) is 5.43. The summed E-state index contributed by atoms with van der Waals surface area (Å²) in [6.45, 7) is 6.41. The van der Waals surface area contributed by atoms with Crippen LogP contribution in [0.2, 0.25) is 0 Å². The molecular formula is C13H18O. The number of benzene rings is 1. The quantitative estimate of drug-likeness (QED) is 0.721. The van der Waals surface area contributed by atoms with E-state index in [1.54, 1.807) is 0 Å². The van der Waals surface area contributed by atoms with E-state index in [9.17, 15) is 5.11 Å². The molecule has 0 aliphatic heterocycles. The van der Waals surface area contributed by atoms with Crippen molar-refractivity contribution in [3.63, 3.8) is 0 Å². The van der Waals surface area contributed by atoms with Gasteiger partial charge in [0.15, 0.2) is 0 Å². The first-order valence-electron chi connectivity index (χ1n) is 5.43. The Hall–Kier alpha value is -0.820. The monoisotopic (exact) mass is 190 g/mol. The summed E-state index contributed by atoms with van der Waals surface area (Å²) in [5.74, 6) is 0.793. The van der Waals surface area contributed by atoms with E-state index < -0.39 is 5.60 Å². The summed E-state index contributed by atoms with van der Waals surface area (Å²) in [5.41, 5.74) is 1.86. The average Bonchev–Trinajstić information content (AvgIpc) is 2.43. The lowest BCUT2D eigenvalue weighted by atomic mass is 9.83.